The molecule has 1 N–H and O–H groups in total. The molecule has 0 aromatic heterocycles. The van der Waals surface area contributed by atoms with E-state index in [0.29, 0.717) is 21.4 Å². The first kappa shape index (κ1) is 16.3. The molecule has 0 saturated heterocycles. The van der Waals surface area contributed by atoms with Crippen LogP contribution in [0, 0.1) is 0 Å². The van der Waals surface area contributed by atoms with Gasteiger partial charge in [-0.3, -0.25) is 9.59 Å². The van der Waals surface area contributed by atoms with Crippen LogP contribution in [0.1, 0.15) is 15.9 Å². The van der Waals surface area contributed by atoms with Gasteiger partial charge in [0.2, 0.25) is 0 Å². The normalized spacial score (nSPS) is 10.1. The Labute approximate surface area is 138 Å². The zero-order chi connectivity index (χ0) is 15.9. The Morgan fingerprint density at radius 2 is 2.00 bits per heavy atom. The Bertz CT molecular complexity index is 689. The van der Waals surface area contributed by atoms with Crippen LogP contribution in [0.15, 0.2) is 42.5 Å². The van der Waals surface area contributed by atoms with Crippen LogP contribution >= 0.6 is 23.2 Å². The molecule has 0 fully saturated rings. The second kappa shape index (κ2) is 7.82. The fourth-order valence-electron chi connectivity index (χ4n) is 1.74. The topological polar surface area (TPSA) is 55.4 Å². The second-order valence-electron chi connectivity index (χ2n) is 4.49. The van der Waals surface area contributed by atoms with Crippen LogP contribution in [0.3, 0.4) is 0 Å². The summed E-state index contributed by atoms with van der Waals surface area (Å²) >= 11 is 11.8. The van der Waals surface area contributed by atoms with Crippen molar-refractivity contribution in [2.24, 2.45) is 0 Å². The van der Waals surface area contributed by atoms with Crippen molar-refractivity contribution in [1.29, 1.82) is 0 Å². The summed E-state index contributed by atoms with van der Waals surface area (Å²) in [6.07, 6.45) is 0.718. The molecule has 2 aromatic rings. The number of ether oxygens (including phenoxy) is 1. The molecule has 22 heavy (non-hydrogen) atoms. The largest absolute Gasteiger partial charge is 0.484 e. The zero-order valence-electron chi connectivity index (χ0n) is 11.5. The van der Waals surface area contributed by atoms with E-state index in [1.807, 2.05) is 0 Å². The van der Waals surface area contributed by atoms with Crippen LogP contribution in [0.25, 0.3) is 0 Å². The van der Waals surface area contributed by atoms with Crippen LogP contribution < -0.4 is 10.1 Å². The molecule has 0 spiro atoms. The molecular weight excluding hydrogens is 325 g/mol. The van der Waals surface area contributed by atoms with E-state index in [0.717, 1.165) is 11.8 Å². The molecular formula is C16H13Cl2NO3. The van der Waals surface area contributed by atoms with Gasteiger partial charge < -0.3 is 10.1 Å². The summed E-state index contributed by atoms with van der Waals surface area (Å²) in [6.45, 7) is 0.139. The van der Waals surface area contributed by atoms with Gasteiger partial charge in [-0.05, 0) is 29.8 Å². The van der Waals surface area contributed by atoms with E-state index in [1.165, 1.54) is 0 Å². The highest BCUT2D eigenvalue weighted by molar-refractivity contribution is 6.35. The second-order valence-corrected chi connectivity index (χ2v) is 5.34. The van der Waals surface area contributed by atoms with Gasteiger partial charge in [0.1, 0.15) is 12.0 Å². The summed E-state index contributed by atoms with van der Waals surface area (Å²) < 4.78 is 5.32. The van der Waals surface area contributed by atoms with Crippen LogP contribution in [-0.2, 0) is 11.3 Å². The van der Waals surface area contributed by atoms with E-state index in [2.05, 4.69) is 5.32 Å². The van der Waals surface area contributed by atoms with Crippen LogP contribution in [0.5, 0.6) is 5.75 Å². The van der Waals surface area contributed by atoms with Gasteiger partial charge >= 0.3 is 0 Å². The summed E-state index contributed by atoms with van der Waals surface area (Å²) in [6, 6.07) is 11.7. The number of halogens is 2. The van der Waals surface area contributed by atoms with E-state index in [4.69, 9.17) is 27.9 Å². The number of hydrogen-bond acceptors (Lipinski definition) is 3. The fraction of sp³-hybridized carbons (Fsp3) is 0.125. The van der Waals surface area contributed by atoms with Crippen molar-refractivity contribution in [2.45, 2.75) is 6.54 Å². The predicted octanol–water partition coefficient (Wildman–Crippen LogP) is 3.50. The number of rotatable bonds is 6. The lowest BCUT2D eigenvalue weighted by Crippen LogP contribution is -2.28. The summed E-state index contributed by atoms with van der Waals surface area (Å²) in [4.78, 5) is 22.4. The molecule has 4 nitrogen and oxygen atoms in total. The molecule has 0 unspecified atom stereocenters. The Kier molecular flexibility index (Phi) is 5.81. The Hall–Kier alpha value is -2.04. The fourth-order valence-corrected chi connectivity index (χ4v) is 2.21. The molecule has 1 amide bonds. The number of carbonyl (C=O) groups excluding carboxylic acids is 2. The molecule has 114 valence electrons. The lowest BCUT2D eigenvalue weighted by molar-refractivity contribution is -0.123. The summed E-state index contributed by atoms with van der Waals surface area (Å²) in [5.41, 5.74) is 1.26. The predicted molar refractivity (Wildman–Crippen MR) is 85.6 cm³/mol. The monoisotopic (exact) mass is 337 g/mol. The molecule has 2 aromatic carbocycles. The number of carbonyl (C=O) groups is 2. The lowest BCUT2D eigenvalue weighted by atomic mass is 10.2. The average Bonchev–Trinajstić information content (AvgIpc) is 2.52. The molecule has 0 bridgehead atoms. The van der Waals surface area contributed by atoms with Crippen molar-refractivity contribution in [1.82, 2.24) is 5.32 Å². The molecule has 0 atom stereocenters. The van der Waals surface area contributed by atoms with Crippen LogP contribution in [0.4, 0.5) is 0 Å². The zero-order valence-corrected chi connectivity index (χ0v) is 13.0. The van der Waals surface area contributed by atoms with Gasteiger partial charge in [0.15, 0.2) is 6.61 Å². The molecule has 6 heteroatoms. The first-order valence-electron chi connectivity index (χ1n) is 6.47. The number of benzene rings is 2. The maximum Gasteiger partial charge on any atom is 0.258 e. The van der Waals surface area contributed by atoms with Gasteiger partial charge in [0, 0.05) is 22.2 Å². The van der Waals surface area contributed by atoms with E-state index in [1.54, 1.807) is 42.5 Å². The number of aldehydes is 1. The highest BCUT2D eigenvalue weighted by atomic mass is 35.5. The third-order valence-corrected chi connectivity index (χ3v) is 3.44. The quantitative estimate of drug-likeness (QED) is 0.820. The highest BCUT2D eigenvalue weighted by Crippen LogP contribution is 2.20. The number of nitrogens with one attached hydrogen (secondary N) is 1. The minimum absolute atomic E-state index is 0.145. The molecule has 0 aliphatic carbocycles. The summed E-state index contributed by atoms with van der Waals surface area (Å²) in [5.74, 6) is 0.173. The van der Waals surface area contributed by atoms with Crippen molar-refractivity contribution in [3.63, 3.8) is 0 Å². The molecule has 0 heterocycles. The average molecular weight is 338 g/mol. The van der Waals surface area contributed by atoms with Gasteiger partial charge in [0.25, 0.3) is 5.91 Å². The first-order valence-corrected chi connectivity index (χ1v) is 7.23. The summed E-state index contributed by atoms with van der Waals surface area (Å²) in [7, 11) is 0. The minimum atomic E-state index is -0.289. The van der Waals surface area contributed by atoms with Crippen molar-refractivity contribution in [3.8, 4) is 5.75 Å². The van der Waals surface area contributed by atoms with Crippen molar-refractivity contribution >= 4 is 35.4 Å². The highest BCUT2D eigenvalue weighted by Gasteiger charge is 2.06. The van der Waals surface area contributed by atoms with E-state index in [-0.39, 0.29) is 19.1 Å². The van der Waals surface area contributed by atoms with Crippen molar-refractivity contribution in [2.75, 3.05) is 6.61 Å². The Morgan fingerprint density at radius 3 is 2.73 bits per heavy atom. The maximum atomic E-state index is 11.7. The SMILES string of the molecule is O=Cc1cccc(OCC(=O)NCc2ccc(Cl)cc2Cl)c1. The molecule has 0 radical (unpaired) electrons. The number of amides is 1. The van der Waals surface area contributed by atoms with Gasteiger partial charge in [-0.15, -0.1) is 0 Å². The standard InChI is InChI=1S/C16H13Cl2NO3/c17-13-5-4-12(15(18)7-13)8-19-16(21)10-22-14-3-1-2-11(6-14)9-20/h1-7,9H,8,10H2,(H,19,21). The van der Waals surface area contributed by atoms with E-state index >= 15 is 0 Å². The van der Waals surface area contributed by atoms with Crippen LogP contribution in [-0.4, -0.2) is 18.8 Å². The third kappa shape index (κ3) is 4.76. The minimum Gasteiger partial charge on any atom is -0.484 e. The summed E-state index contributed by atoms with van der Waals surface area (Å²) in [5, 5.41) is 3.73. The van der Waals surface area contributed by atoms with Crippen molar-refractivity contribution < 1.29 is 14.3 Å². The number of hydrogen-bond donors (Lipinski definition) is 1. The van der Waals surface area contributed by atoms with E-state index in [9.17, 15) is 9.59 Å². The molecule has 0 aliphatic rings. The van der Waals surface area contributed by atoms with Crippen LogP contribution in [0.2, 0.25) is 10.0 Å². The molecule has 0 saturated carbocycles. The molecule has 2 rings (SSSR count). The lowest BCUT2D eigenvalue weighted by Gasteiger charge is -2.09. The van der Waals surface area contributed by atoms with Gasteiger partial charge in [-0.2, -0.15) is 0 Å². The molecule has 0 aliphatic heterocycles. The third-order valence-electron chi connectivity index (χ3n) is 2.86. The Morgan fingerprint density at radius 1 is 1.18 bits per heavy atom. The Balaban J connectivity index is 1.84. The maximum absolute atomic E-state index is 11.7. The van der Waals surface area contributed by atoms with Gasteiger partial charge in [-0.25, -0.2) is 0 Å². The first-order chi connectivity index (χ1) is 10.6. The van der Waals surface area contributed by atoms with Gasteiger partial charge in [-0.1, -0.05) is 41.4 Å². The smallest absolute Gasteiger partial charge is 0.258 e. The van der Waals surface area contributed by atoms with Crippen molar-refractivity contribution in [3.05, 3.63) is 63.6 Å². The van der Waals surface area contributed by atoms with Gasteiger partial charge in [0.05, 0.1) is 0 Å². The van der Waals surface area contributed by atoms with E-state index < -0.39 is 0 Å².